The molecule has 168 valence electrons. The van der Waals surface area contributed by atoms with Gasteiger partial charge in [0.25, 0.3) is 0 Å². The molecule has 0 fully saturated rings. The van der Waals surface area contributed by atoms with E-state index < -0.39 is 16.7 Å². The largest absolute Gasteiger partial charge is 0.755 e. The van der Waals surface area contributed by atoms with Gasteiger partial charge in [0.1, 0.15) is 12.4 Å². The van der Waals surface area contributed by atoms with Gasteiger partial charge in [0.05, 0.1) is 35.3 Å². The Hall–Kier alpha value is -2.32. The van der Waals surface area contributed by atoms with Crippen LogP contribution in [0.2, 0.25) is 0 Å². The number of rotatable bonds is 12. The van der Waals surface area contributed by atoms with E-state index in [-0.39, 0.29) is 23.7 Å². The van der Waals surface area contributed by atoms with Crippen molar-refractivity contribution in [2.75, 3.05) is 24.5 Å². The van der Waals surface area contributed by atoms with E-state index in [1.165, 1.54) is 6.07 Å². The van der Waals surface area contributed by atoms with Crippen LogP contribution < -0.4 is 14.8 Å². The second-order valence-corrected chi connectivity index (χ2v) is 8.65. The average molecular weight is 465 g/mol. The van der Waals surface area contributed by atoms with Crippen LogP contribution in [0, 0.1) is 10.8 Å². The highest BCUT2D eigenvalue weighted by Gasteiger charge is 2.29. The SMILES string of the molecule is CC(C)(COc1cccc(NS(=O)[O-])c1C(=N)P)C(=O)NCCOCc1ccccc1. The molecule has 0 spiro atoms. The third-order valence-corrected chi connectivity index (χ3v) is 5.01. The molecule has 2 atom stereocenters. The quantitative estimate of drug-likeness (QED) is 0.193. The number of carbonyl (C=O) groups excluding carboxylic acids is 1. The van der Waals surface area contributed by atoms with Crippen molar-refractivity contribution >= 4 is 37.6 Å². The van der Waals surface area contributed by atoms with Crippen molar-refractivity contribution in [1.82, 2.24) is 5.32 Å². The van der Waals surface area contributed by atoms with E-state index in [1.54, 1.807) is 26.0 Å². The molecule has 2 rings (SSSR count). The summed E-state index contributed by atoms with van der Waals surface area (Å²) in [4.78, 5) is 12.6. The molecule has 0 aliphatic heterocycles. The highest BCUT2D eigenvalue weighted by atomic mass is 32.2. The molecule has 0 aliphatic rings. The van der Waals surface area contributed by atoms with E-state index in [9.17, 15) is 13.6 Å². The van der Waals surface area contributed by atoms with Gasteiger partial charge in [-0.05, 0) is 31.5 Å². The Balaban J connectivity index is 1.88. The Morgan fingerprint density at radius 2 is 1.90 bits per heavy atom. The monoisotopic (exact) mass is 464 g/mol. The number of benzene rings is 2. The molecule has 0 bridgehead atoms. The van der Waals surface area contributed by atoms with Crippen LogP contribution in [-0.4, -0.2) is 39.9 Å². The number of hydrogen-bond acceptors (Lipinski definition) is 6. The van der Waals surface area contributed by atoms with Gasteiger partial charge in [-0.1, -0.05) is 45.6 Å². The van der Waals surface area contributed by atoms with Gasteiger partial charge in [-0.3, -0.25) is 9.00 Å². The number of ether oxygens (including phenoxy) is 2. The third-order valence-electron chi connectivity index (χ3n) is 4.34. The summed E-state index contributed by atoms with van der Waals surface area (Å²) in [6, 6.07) is 14.5. The summed E-state index contributed by atoms with van der Waals surface area (Å²) in [7, 11) is 2.21. The van der Waals surface area contributed by atoms with Gasteiger partial charge < -0.3 is 29.5 Å². The molecule has 3 N–H and O–H groups in total. The molecule has 0 aromatic heterocycles. The predicted octanol–water partition coefficient (Wildman–Crippen LogP) is 2.83. The zero-order valence-electron chi connectivity index (χ0n) is 17.5. The predicted molar refractivity (Wildman–Crippen MR) is 124 cm³/mol. The lowest BCUT2D eigenvalue weighted by molar-refractivity contribution is -0.131. The minimum Gasteiger partial charge on any atom is -0.755 e. The number of hydrogen-bond donors (Lipinski definition) is 3. The zero-order chi connectivity index (χ0) is 22.9. The number of carbonyl (C=O) groups is 1. The molecule has 31 heavy (non-hydrogen) atoms. The standard InChI is InChI=1S/C21H28N3O5PS/c1-21(2,20(25)23-11-12-28-13-15-7-4-3-5-8-15)14-29-17-10-6-9-16(24-31(26)27)18(17)19(22)30/h3-10,22,24H,11-14,30H2,1-2H3,(H,23,25)(H,26,27)/p-1. The fourth-order valence-electron chi connectivity index (χ4n) is 2.67. The van der Waals surface area contributed by atoms with Crippen molar-refractivity contribution in [3.8, 4) is 5.75 Å². The number of nitrogens with one attached hydrogen (secondary N) is 3. The molecule has 0 heterocycles. The molecular formula is C21H27N3O5PS-. The maximum atomic E-state index is 12.6. The summed E-state index contributed by atoms with van der Waals surface area (Å²) in [5.74, 6) is 0.107. The molecule has 2 aromatic rings. The molecule has 0 radical (unpaired) electrons. The fraction of sp³-hybridized carbons (Fsp3) is 0.333. The highest BCUT2D eigenvalue weighted by molar-refractivity contribution is 7.80. The van der Waals surface area contributed by atoms with E-state index in [4.69, 9.17) is 14.9 Å². The van der Waals surface area contributed by atoms with Crippen molar-refractivity contribution in [3.05, 3.63) is 59.7 Å². The summed E-state index contributed by atoms with van der Waals surface area (Å²) in [5.41, 5.74) is 0.785. The average Bonchev–Trinajstić information content (AvgIpc) is 2.72. The second kappa shape index (κ2) is 11.9. The maximum Gasteiger partial charge on any atom is 0.229 e. The summed E-state index contributed by atoms with van der Waals surface area (Å²) in [5, 5.41) is 10.8. The lowest BCUT2D eigenvalue weighted by Crippen LogP contribution is -2.42. The zero-order valence-corrected chi connectivity index (χ0v) is 19.4. The molecular weight excluding hydrogens is 437 g/mol. The van der Waals surface area contributed by atoms with Crippen molar-refractivity contribution < 1.29 is 23.0 Å². The minimum atomic E-state index is -2.54. The van der Waals surface area contributed by atoms with E-state index in [0.717, 1.165) is 5.56 Å². The Morgan fingerprint density at radius 3 is 2.55 bits per heavy atom. The first-order chi connectivity index (χ1) is 14.7. The molecule has 0 saturated heterocycles. The smallest absolute Gasteiger partial charge is 0.229 e. The minimum absolute atomic E-state index is 0.0402. The van der Waals surface area contributed by atoms with Crippen LogP contribution in [0.3, 0.4) is 0 Å². The van der Waals surface area contributed by atoms with Crippen molar-refractivity contribution in [1.29, 1.82) is 5.41 Å². The molecule has 2 aromatic carbocycles. The Kier molecular flexibility index (Phi) is 9.58. The lowest BCUT2D eigenvalue weighted by Gasteiger charge is -2.25. The van der Waals surface area contributed by atoms with Crippen LogP contribution in [0.4, 0.5) is 5.69 Å². The molecule has 10 heteroatoms. The topological polar surface area (TPSA) is 124 Å². The van der Waals surface area contributed by atoms with E-state index in [2.05, 4.69) is 19.3 Å². The van der Waals surface area contributed by atoms with Crippen molar-refractivity contribution in [3.63, 3.8) is 0 Å². The third kappa shape index (κ3) is 8.03. The van der Waals surface area contributed by atoms with E-state index in [0.29, 0.717) is 31.1 Å². The van der Waals surface area contributed by atoms with Gasteiger partial charge in [0, 0.05) is 17.8 Å². The summed E-state index contributed by atoms with van der Waals surface area (Å²) in [6.07, 6.45) is 0. The summed E-state index contributed by atoms with van der Waals surface area (Å²) in [6.45, 7) is 4.75. The Morgan fingerprint density at radius 1 is 1.19 bits per heavy atom. The molecule has 8 nitrogen and oxygen atoms in total. The number of anilines is 1. The van der Waals surface area contributed by atoms with Gasteiger partial charge >= 0.3 is 0 Å². The normalized spacial score (nSPS) is 12.1. The van der Waals surface area contributed by atoms with Crippen molar-refractivity contribution in [2.45, 2.75) is 20.5 Å². The maximum absolute atomic E-state index is 12.6. The highest BCUT2D eigenvalue weighted by Crippen LogP contribution is 2.30. The number of amides is 1. The van der Waals surface area contributed by atoms with Gasteiger partial charge in [0.15, 0.2) is 0 Å². The molecule has 2 unspecified atom stereocenters. The Bertz CT molecular complexity index is 924. The van der Waals surface area contributed by atoms with Gasteiger partial charge in [-0.15, -0.1) is 0 Å². The molecule has 0 saturated carbocycles. The van der Waals surface area contributed by atoms with Gasteiger partial charge in [-0.25, -0.2) is 0 Å². The van der Waals surface area contributed by atoms with Crippen LogP contribution in [0.1, 0.15) is 25.0 Å². The lowest BCUT2D eigenvalue weighted by atomic mass is 9.93. The Labute approximate surface area is 187 Å². The van der Waals surface area contributed by atoms with Crippen molar-refractivity contribution in [2.24, 2.45) is 5.41 Å². The fourth-order valence-corrected chi connectivity index (χ4v) is 3.32. The van der Waals surface area contributed by atoms with Crippen LogP contribution in [0.15, 0.2) is 48.5 Å². The van der Waals surface area contributed by atoms with E-state index in [1.807, 2.05) is 30.3 Å². The van der Waals surface area contributed by atoms with Gasteiger partial charge in [-0.2, -0.15) is 0 Å². The van der Waals surface area contributed by atoms with Gasteiger partial charge in [0.2, 0.25) is 5.91 Å². The van der Waals surface area contributed by atoms with Crippen LogP contribution >= 0.6 is 9.24 Å². The van der Waals surface area contributed by atoms with Crippen LogP contribution in [-0.2, 0) is 27.4 Å². The first-order valence-corrected chi connectivity index (χ1v) is 11.2. The first-order valence-electron chi connectivity index (χ1n) is 9.57. The summed E-state index contributed by atoms with van der Waals surface area (Å²) < 4.78 is 35.6. The van der Waals surface area contributed by atoms with E-state index >= 15 is 0 Å². The van der Waals surface area contributed by atoms with Crippen LogP contribution in [0.5, 0.6) is 5.75 Å². The molecule has 1 amide bonds. The molecule has 0 aliphatic carbocycles. The second-order valence-electron chi connectivity index (χ2n) is 7.40. The summed E-state index contributed by atoms with van der Waals surface area (Å²) >= 11 is -2.54. The first kappa shape index (κ1) is 24.9. The van der Waals surface area contributed by atoms with Crippen LogP contribution in [0.25, 0.3) is 0 Å².